The summed E-state index contributed by atoms with van der Waals surface area (Å²) in [5, 5.41) is 6.08. The maximum Gasteiger partial charge on any atom is 0.224 e. The van der Waals surface area contributed by atoms with Gasteiger partial charge < -0.3 is 14.7 Å². The molecule has 2 aromatic heterocycles. The molecule has 0 radical (unpaired) electrons. The van der Waals surface area contributed by atoms with Crippen LogP contribution in [0.15, 0.2) is 18.3 Å². The number of fused-ring (bicyclic) bond motifs is 1. The zero-order valence-corrected chi connectivity index (χ0v) is 18.0. The monoisotopic (exact) mass is 398 g/mol. The standard InChI is InChI=1S/C22H34N6O/c1-25(2)13-14-28-22-19(8-6-10-23-22)21(24-28)17-9-12-27(16-17)20(29)15-18-7-4-5-11-26(18)3/h6,8,10,17-18H,4-5,7,9,11-16H2,1-3H3. The van der Waals surface area contributed by atoms with Crippen LogP contribution in [-0.2, 0) is 11.3 Å². The summed E-state index contributed by atoms with van der Waals surface area (Å²) >= 11 is 0. The second-order valence-corrected chi connectivity index (χ2v) is 8.95. The number of likely N-dealkylation sites (tertiary alicyclic amines) is 2. The first kappa shape index (κ1) is 20.3. The summed E-state index contributed by atoms with van der Waals surface area (Å²) in [7, 11) is 6.30. The van der Waals surface area contributed by atoms with Crippen molar-refractivity contribution < 1.29 is 4.79 Å². The predicted octanol–water partition coefficient (Wildman–Crippen LogP) is 2.18. The highest BCUT2D eigenvalue weighted by molar-refractivity contribution is 5.80. The van der Waals surface area contributed by atoms with Gasteiger partial charge in [-0.05, 0) is 59.1 Å². The van der Waals surface area contributed by atoms with Gasteiger partial charge in [-0.15, -0.1) is 0 Å². The molecule has 158 valence electrons. The van der Waals surface area contributed by atoms with Crippen molar-refractivity contribution in [1.82, 2.24) is 29.5 Å². The zero-order chi connectivity index (χ0) is 20.4. The smallest absolute Gasteiger partial charge is 0.224 e. The molecule has 2 aliphatic rings. The van der Waals surface area contributed by atoms with Gasteiger partial charge in [0, 0.05) is 49.6 Å². The summed E-state index contributed by atoms with van der Waals surface area (Å²) in [6, 6.07) is 4.52. The highest BCUT2D eigenvalue weighted by Gasteiger charge is 2.32. The maximum atomic E-state index is 12.9. The maximum absolute atomic E-state index is 12.9. The average molecular weight is 399 g/mol. The third-order valence-corrected chi connectivity index (χ3v) is 6.55. The molecule has 0 aromatic carbocycles. The van der Waals surface area contributed by atoms with Gasteiger partial charge in [-0.1, -0.05) is 6.42 Å². The molecule has 0 saturated carbocycles. The van der Waals surface area contributed by atoms with Gasteiger partial charge >= 0.3 is 0 Å². The fraction of sp³-hybridized carbons (Fsp3) is 0.682. The largest absolute Gasteiger partial charge is 0.342 e. The van der Waals surface area contributed by atoms with Crippen molar-refractivity contribution in [3.05, 3.63) is 24.0 Å². The Morgan fingerprint density at radius 2 is 2.10 bits per heavy atom. The van der Waals surface area contributed by atoms with E-state index in [1.807, 2.05) is 16.9 Å². The Hall–Kier alpha value is -1.99. The minimum atomic E-state index is 0.301. The van der Waals surface area contributed by atoms with Crippen LogP contribution in [0.5, 0.6) is 0 Å². The first-order chi connectivity index (χ1) is 14.0. The van der Waals surface area contributed by atoms with E-state index in [4.69, 9.17) is 5.10 Å². The minimum Gasteiger partial charge on any atom is -0.342 e. The normalized spacial score (nSPS) is 23.4. The third kappa shape index (κ3) is 4.46. The Labute approximate surface area is 173 Å². The molecular weight excluding hydrogens is 364 g/mol. The van der Waals surface area contributed by atoms with Crippen LogP contribution in [0.4, 0.5) is 0 Å². The van der Waals surface area contributed by atoms with E-state index in [9.17, 15) is 4.79 Å². The number of carbonyl (C=O) groups is 1. The summed E-state index contributed by atoms with van der Waals surface area (Å²) in [6.07, 6.45) is 7.12. The Kier molecular flexibility index (Phi) is 6.15. The van der Waals surface area contributed by atoms with Crippen molar-refractivity contribution in [1.29, 1.82) is 0 Å². The third-order valence-electron chi connectivity index (χ3n) is 6.55. The molecule has 1 amide bonds. The number of hydrogen-bond acceptors (Lipinski definition) is 5. The lowest BCUT2D eigenvalue weighted by Crippen LogP contribution is -2.41. The average Bonchev–Trinajstić information content (AvgIpc) is 3.33. The molecule has 2 fully saturated rings. The van der Waals surface area contributed by atoms with Gasteiger partial charge in [0.05, 0.1) is 12.2 Å². The van der Waals surface area contributed by atoms with E-state index in [2.05, 4.69) is 46.9 Å². The number of aromatic nitrogens is 3. The number of piperidine rings is 1. The van der Waals surface area contributed by atoms with E-state index in [1.165, 1.54) is 12.8 Å². The number of pyridine rings is 1. The Balaban J connectivity index is 1.46. The van der Waals surface area contributed by atoms with Crippen molar-refractivity contribution >= 4 is 16.9 Å². The molecule has 0 bridgehead atoms. The zero-order valence-electron chi connectivity index (χ0n) is 18.0. The van der Waals surface area contributed by atoms with Gasteiger partial charge in [0.25, 0.3) is 0 Å². The highest BCUT2D eigenvalue weighted by atomic mass is 16.2. The Morgan fingerprint density at radius 1 is 1.24 bits per heavy atom. The molecule has 0 spiro atoms. The van der Waals surface area contributed by atoms with Crippen molar-refractivity contribution in [2.24, 2.45) is 0 Å². The number of hydrogen-bond donors (Lipinski definition) is 0. The summed E-state index contributed by atoms with van der Waals surface area (Å²) in [4.78, 5) is 24.1. The van der Waals surface area contributed by atoms with Crippen LogP contribution in [0.1, 0.15) is 43.7 Å². The van der Waals surface area contributed by atoms with E-state index >= 15 is 0 Å². The number of rotatable bonds is 6. The van der Waals surface area contributed by atoms with Crippen LogP contribution in [0.25, 0.3) is 11.0 Å². The van der Waals surface area contributed by atoms with Crippen LogP contribution in [0, 0.1) is 0 Å². The second-order valence-electron chi connectivity index (χ2n) is 8.95. The van der Waals surface area contributed by atoms with E-state index < -0.39 is 0 Å². The Bertz CT molecular complexity index is 847. The second kappa shape index (κ2) is 8.79. The molecule has 29 heavy (non-hydrogen) atoms. The summed E-state index contributed by atoms with van der Waals surface area (Å²) in [5.41, 5.74) is 2.06. The molecule has 2 aromatic rings. The van der Waals surface area contributed by atoms with Gasteiger partial charge in [0.15, 0.2) is 5.65 Å². The summed E-state index contributed by atoms with van der Waals surface area (Å²) in [5.74, 6) is 0.607. The summed E-state index contributed by atoms with van der Waals surface area (Å²) in [6.45, 7) is 4.49. The van der Waals surface area contributed by atoms with Crippen molar-refractivity contribution in [3.8, 4) is 0 Å². The fourth-order valence-electron chi connectivity index (χ4n) is 4.73. The molecule has 4 heterocycles. The number of amides is 1. The molecule has 7 heteroatoms. The van der Waals surface area contributed by atoms with E-state index in [0.29, 0.717) is 24.3 Å². The molecule has 0 aliphatic carbocycles. The van der Waals surface area contributed by atoms with Crippen molar-refractivity contribution in [3.63, 3.8) is 0 Å². The van der Waals surface area contributed by atoms with E-state index in [-0.39, 0.29) is 0 Å². The van der Waals surface area contributed by atoms with Crippen LogP contribution in [0.3, 0.4) is 0 Å². The molecule has 0 N–H and O–H groups in total. The van der Waals surface area contributed by atoms with Crippen LogP contribution in [-0.4, -0.2) is 88.7 Å². The summed E-state index contributed by atoms with van der Waals surface area (Å²) < 4.78 is 2.03. The molecule has 2 aliphatic heterocycles. The van der Waals surface area contributed by atoms with Gasteiger partial charge in [-0.2, -0.15) is 5.10 Å². The lowest BCUT2D eigenvalue weighted by atomic mass is 9.99. The predicted molar refractivity (Wildman–Crippen MR) is 115 cm³/mol. The van der Waals surface area contributed by atoms with Crippen molar-refractivity contribution in [2.45, 2.75) is 50.6 Å². The molecule has 2 saturated heterocycles. The van der Waals surface area contributed by atoms with Gasteiger partial charge in [-0.25, -0.2) is 9.67 Å². The van der Waals surface area contributed by atoms with Crippen LogP contribution in [0.2, 0.25) is 0 Å². The SMILES string of the molecule is CN(C)CCn1nc(C2CCN(C(=O)CC3CCCCN3C)C2)c2cccnc21. The number of likely N-dealkylation sites (N-methyl/N-ethyl adjacent to an activating group) is 1. The lowest BCUT2D eigenvalue weighted by molar-refractivity contribution is -0.131. The molecular formula is C22H34N6O. The van der Waals surface area contributed by atoms with Crippen LogP contribution < -0.4 is 0 Å². The van der Waals surface area contributed by atoms with E-state index in [1.54, 1.807) is 0 Å². The molecule has 4 rings (SSSR count). The molecule has 2 atom stereocenters. The quantitative estimate of drug-likeness (QED) is 0.747. The lowest BCUT2D eigenvalue weighted by Gasteiger charge is -2.33. The van der Waals surface area contributed by atoms with E-state index in [0.717, 1.165) is 62.3 Å². The molecule has 2 unspecified atom stereocenters. The number of carbonyl (C=O) groups excluding carboxylic acids is 1. The molecule has 7 nitrogen and oxygen atoms in total. The van der Waals surface area contributed by atoms with Gasteiger partial charge in [0.1, 0.15) is 0 Å². The Morgan fingerprint density at radius 3 is 2.90 bits per heavy atom. The first-order valence-electron chi connectivity index (χ1n) is 11.0. The minimum absolute atomic E-state index is 0.301. The van der Waals surface area contributed by atoms with Gasteiger partial charge in [0.2, 0.25) is 5.91 Å². The van der Waals surface area contributed by atoms with Crippen LogP contribution >= 0.6 is 0 Å². The van der Waals surface area contributed by atoms with Crippen molar-refractivity contribution in [2.75, 3.05) is 47.3 Å². The fourth-order valence-corrected chi connectivity index (χ4v) is 4.73. The highest BCUT2D eigenvalue weighted by Crippen LogP contribution is 2.32. The number of nitrogens with zero attached hydrogens (tertiary/aromatic N) is 6. The topological polar surface area (TPSA) is 57.5 Å². The van der Waals surface area contributed by atoms with Gasteiger partial charge in [-0.3, -0.25) is 4.79 Å². The first-order valence-corrected chi connectivity index (χ1v) is 11.0.